The second-order valence-corrected chi connectivity index (χ2v) is 7.26. The van der Waals surface area contributed by atoms with Crippen LogP contribution in [0.15, 0.2) is 48.5 Å². The van der Waals surface area contributed by atoms with Crippen LogP contribution in [0.25, 0.3) is 0 Å². The highest BCUT2D eigenvalue weighted by atomic mass is 16.6. The second kappa shape index (κ2) is 9.87. The van der Waals surface area contributed by atoms with Gasteiger partial charge >= 0.3 is 5.97 Å². The molecule has 8 nitrogen and oxygen atoms in total. The lowest BCUT2D eigenvalue weighted by Gasteiger charge is -2.22. The molecule has 0 aliphatic carbocycles. The number of nitrogens with zero attached hydrogens (tertiary/aromatic N) is 2. The minimum Gasteiger partial charge on any atom is -0.449 e. The van der Waals surface area contributed by atoms with E-state index >= 15 is 0 Å². The molecule has 0 aromatic heterocycles. The van der Waals surface area contributed by atoms with Gasteiger partial charge in [-0.3, -0.25) is 14.9 Å². The normalized spacial score (nSPS) is 15.0. The van der Waals surface area contributed by atoms with E-state index in [4.69, 9.17) is 4.74 Å². The molecule has 0 radical (unpaired) electrons. The summed E-state index contributed by atoms with van der Waals surface area (Å²) >= 11 is 0. The van der Waals surface area contributed by atoms with Gasteiger partial charge in [0, 0.05) is 24.8 Å². The number of amides is 1. The van der Waals surface area contributed by atoms with Crippen LogP contribution in [0.5, 0.6) is 0 Å². The zero-order valence-corrected chi connectivity index (χ0v) is 16.9. The van der Waals surface area contributed by atoms with Crippen molar-refractivity contribution >= 4 is 28.9 Å². The lowest BCUT2D eigenvalue weighted by molar-refractivity contribution is -0.384. The first-order valence-electron chi connectivity index (χ1n) is 10.1. The van der Waals surface area contributed by atoms with Crippen LogP contribution in [0.4, 0.5) is 17.1 Å². The minimum atomic E-state index is -1.05. The number of nitro groups is 1. The topological polar surface area (TPSA) is 102 Å². The minimum absolute atomic E-state index is 0.0413. The van der Waals surface area contributed by atoms with E-state index < -0.39 is 22.9 Å². The van der Waals surface area contributed by atoms with Gasteiger partial charge in [-0.15, -0.1) is 0 Å². The average molecular weight is 411 g/mol. The van der Waals surface area contributed by atoms with E-state index in [1.807, 2.05) is 11.0 Å². The van der Waals surface area contributed by atoms with Gasteiger partial charge in [0.1, 0.15) is 5.69 Å². The molecule has 1 heterocycles. The van der Waals surface area contributed by atoms with Crippen LogP contribution in [0, 0.1) is 10.1 Å². The molecule has 3 rings (SSSR count). The van der Waals surface area contributed by atoms with Gasteiger partial charge in [-0.1, -0.05) is 31.0 Å². The highest BCUT2D eigenvalue weighted by molar-refractivity contribution is 5.97. The summed E-state index contributed by atoms with van der Waals surface area (Å²) in [6, 6.07) is 13.1. The molecule has 1 amide bonds. The fourth-order valence-electron chi connectivity index (χ4n) is 3.42. The Kier molecular flexibility index (Phi) is 7.00. The fourth-order valence-corrected chi connectivity index (χ4v) is 3.42. The van der Waals surface area contributed by atoms with Crippen molar-refractivity contribution in [2.75, 3.05) is 23.3 Å². The van der Waals surface area contributed by atoms with Crippen molar-refractivity contribution in [3.63, 3.8) is 0 Å². The summed E-state index contributed by atoms with van der Waals surface area (Å²) in [5, 5.41) is 14.3. The Labute approximate surface area is 175 Å². The van der Waals surface area contributed by atoms with Crippen LogP contribution >= 0.6 is 0 Å². The quantitative estimate of drug-likeness (QED) is 0.435. The highest BCUT2D eigenvalue weighted by Crippen LogP contribution is 2.31. The molecule has 1 aliphatic rings. The van der Waals surface area contributed by atoms with Gasteiger partial charge in [0.15, 0.2) is 6.10 Å². The van der Waals surface area contributed by atoms with Crippen molar-refractivity contribution in [3.05, 3.63) is 64.2 Å². The predicted molar refractivity (Wildman–Crippen MR) is 114 cm³/mol. The summed E-state index contributed by atoms with van der Waals surface area (Å²) < 4.78 is 5.22. The summed E-state index contributed by atoms with van der Waals surface area (Å²) in [4.78, 5) is 37.9. The summed E-state index contributed by atoms with van der Waals surface area (Å²) in [7, 11) is 0. The maximum absolute atomic E-state index is 12.5. The molecule has 30 heavy (non-hydrogen) atoms. The van der Waals surface area contributed by atoms with E-state index in [0.717, 1.165) is 38.8 Å². The van der Waals surface area contributed by atoms with Gasteiger partial charge in [-0.25, -0.2) is 4.79 Å². The van der Waals surface area contributed by atoms with E-state index in [-0.39, 0.29) is 11.3 Å². The third-order valence-corrected chi connectivity index (χ3v) is 5.05. The number of ether oxygens (including phenoxy) is 1. The average Bonchev–Trinajstić information content (AvgIpc) is 3.03. The molecular weight excluding hydrogens is 386 g/mol. The molecule has 0 bridgehead atoms. The fraction of sp³-hybridized carbons (Fsp3) is 0.364. The van der Waals surface area contributed by atoms with Gasteiger partial charge in [0.05, 0.1) is 10.5 Å². The van der Waals surface area contributed by atoms with Crippen molar-refractivity contribution in [1.82, 2.24) is 0 Å². The molecule has 158 valence electrons. The molecule has 1 N–H and O–H groups in total. The standard InChI is InChI=1S/C22H25N3O5/c1-16(21(26)23-18-9-5-4-6-10-18)30-22(27)17-11-12-19(20(15-17)25(28)29)24-13-7-2-3-8-14-24/h4-6,9-12,15-16H,2-3,7-8,13-14H2,1H3,(H,23,26)/t16-/m1/s1. The molecule has 2 aromatic rings. The van der Waals surface area contributed by atoms with E-state index in [9.17, 15) is 19.7 Å². The molecule has 1 fully saturated rings. The second-order valence-electron chi connectivity index (χ2n) is 7.26. The number of rotatable bonds is 6. The van der Waals surface area contributed by atoms with E-state index in [0.29, 0.717) is 11.4 Å². The van der Waals surface area contributed by atoms with Crippen molar-refractivity contribution in [1.29, 1.82) is 0 Å². The Morgan fingerprint density at radius 2 is 1.73 bits per heavy atom. The van der Waals surface area contributed by atoms with Crippen molar-refractivity contribution < 1.29 is 19.2 Å². The van der Waals surface area contributed by atoms with Crippen LogP contribution in [-0.2, 0) is 9.53 Å². The number of hydrogen-bond donors (Lipinski definition) is 1. The number of esters is 1. The largest absolute Gasteiger partial charge is 0.449 e. The van der Waals surface area contributed by atoms with Gasteiger partial charge in [0.25, 0.3) is 11.6 Å². The summed E-state index contributed by atoms with van der Waals surface area (Å²) in [5.74, 6) is -1.26. The molecule has 2 aromatic carbocycles. The van der Waals surface area contributed by atoms with E-state index in [2.05, 4.69) is 5.32 Å². The summed E-state index contributed by atoms with van der Waals surface area (Å²) in [6.07, 6.45) is 3.13. The zero-order chi connectivity index (χ0) is 21.5. The SMILES string of the molecule is C[C@@H](OC(=O)c1ccc(N2CCCCCC2)c([N+](=O)[O-])c1)C(=O)Nc1ccccc1. The zero-order valence-electron chi connectivity index (χ0n) is 16.9. The molecular formula is C22H25N3O5. The number of nitrogens with one attached hydrogen (secondary N) is 1. The number of benzene rings is 2. The molecule has 0 spiro atoms. The van der Waals surface area contributed by atoms with Crippen LogP contribution < -0.4 is 10.2 Å². The van der Waals surface area contributed by atoms with Gasteiger partial charge in [0.2, 0.25) is 0 Å². The molecule has 0 unspecified atom stereocenters. The number of hydrogen-bond acceptors (Lipinski definition) is 6. The number of nitro benzene ring substituents is 1. The number of carbonyl (C=O) groups excluding carboxylic acids is 2. The first kappa shape index (κ1) is 21.3. The number of carbonyl (C=O) groups is 2. The Hall–Kier alpha value is -3.42. The molecule has 1 atom stereocenters. The van der Waals surface area contributed by atoms with Crippen LogP contribution in [0.3, 0.4) is 0 Å². The van der Waals surface area contributed by atoms with Gasteiger partial charge in [-0.2, -0.15) is 0 Å². The predicted octanol–water partition coefficient (Wildman–Crippen LogP) is 4.16. The van der Waals surface area contributed by atoms with Crippen molar-refractivity contribution in [3.8, 4) is 0 Å². The third kappa shape index (κ3) is 5.34. The number of para-hydroxylation sites is 1. The van der Waals surface area contributed by atoms with Crippen molar-refractivity contribution in [2.45, 2.75) is 38.7 Å². The lowest BCUT2D eigenvalue weighted by Crippen LogP contribution is -2.30. The maximum Gasteiger partial charge on any atom is 0.339 e. The van der Waals surface area contributed by atoms with Crippen LogP contribution in [0.2, 0.25) is 0 Å². The number of anilines is 2. The lowest BCUT2D eigenvalue weighted by atomic mass is 10.1. The third-order valence-electron chi connectivity index (χ3n) is 5.05. The Balaban J connectivity index is 1.71. The Morgan fingerprint density at radius 1 is 1.07 bits per heavy atom. The first-order valence-corrected chi connectivity index (χ1v) is 10.1. The Bertz CT molecular complexity index is 908. The molecule has 1 saturated heterocycles. The van der Waals surface area contributed by atoms with E-state index in [1.165, 1.54) is 19.1 Å². The van der Waals surface area contributed by atoms with Gasteiger partial charge in [-0.05, 0) is 44.0 Å². The Morgan fingerprint density at radius 3 is 2.37 bits per heavy atom. The summed E-state index contributed by atoms with van der Waals surface area (Å²) in [6.45, 7) is 2.96. The highest BCUT2D eigenvalue weighted by Gasteiger charge is 2.25. The summed E-state index contributed by atoms with van der Waals surface area (Å²) in [5.41, 5.74) is 1.00. The maximum atomic E-state index is 12.5. The van der Waals surface area contributed by atoms with Gasteiger partial charge < -0.3 is 15.0 Å². The van der Waals surface area contributed by atoms with Crippen LogP contribution in [-0.4, -0.2) is 36.0 Å². The first-order chi connectivity index (χ1) is 14.5. The molecule has 8 heteroatoms. The molecule has 1 aliphatic heterocycles. The van der Waals surface area contributed by atoms with Crippen molar-refractivity contribution in [2.24, 2.45) is 0 Å². The smallest absolute Gasteiger partial charge is 0.339 e. The monoisotopic (exact) mass is 411 g/mol. The van der Waals surface area contributed by atoms with E-state index in [1.54, 1.807) is 30.3 Å². The van der Waals surface area contributed by atoms with Crippen LogP contribution in [0.1, 0.15) is 43.0 Å². The molecule has 0 saturated carbocycles.